The highest BCUT2D eigenvalue weighted by atomic mass is 35.5. The van der Waals surface area contributed by atoms with E-state index in [0.29, 0.717) is 22.6 Å². The first kappa shape index (κ1) is 24.9. The van der Waals surface area contributed by atoms with Crippen molar-refractivity contribution in [2.24, 2.45) is 0 Å². The molecule has 0 bridgehead atoms. The molecule has 33 heavy (non-hydrogen) atoms. The smallest absolute Gasteiger partial charge is 0.159 e. The van der Waals surface area contributed by atoms with Crippen LogP contribution in [0, 0.1) is 23.0 Å². The van der Waals surface area contributed by atoms with E-state index >= 15 is 0 Å². The largest absolute Gasteiger partial charge is 0.388 e. The zero-order chi connectivity index (χ0) is 24.2. The van der Waals surface area contributed by atoms with Crippen LogP contribution in [0.2, 0.25) is 5.02 Å². The number of benzene rings is 3. The normalized spacial score (nSPS) is 14.4. The lowest BCUT2D eigenvalue weighted by Crippen LogP contribution is -2.45. The van der Waals surface area contributed by atoms with Crippen LogP contribution in [-0.4, -0.2) is 16.7 Å². The van der Waals surface area contributed by atoms with Crippen LogP contribution in [0.1, 0.15) is 55.0 Å². The van der Waals surface area contributed by atoms with E-state index in [9.17, 15) is 19.1 Å². The van der Waals surface area contributed by atoms with E-state index in [2.05, 4.69) is 11.4 Å². The van der Waals surface area contributed by atoms with Crippen molar-refractivity contribution < 1.29 is 13.9 Å². The summed E-state index contributed by atoms with van der Waals surface area (Å²) in [6.07, 6.45) is 0.649. The molecule has 2 N–H and O–H groups in total. The van der Waals surface area contributed by atoms with E-state index in [1.165, 1.54) is 6.07 Å². The van der Waals surface area contributed by atoms with Crippen LogP contribution in [-0.2, 0) is 6.42 Å². The van der Waals surface area contributed by atoms with Crippen LogP contribution in [0.25, 0.3) is 0 Å². The van der Waals surface area contributed by atoms with Gasteiger partial charge in [-0.05, 0) is 80.3 Å². The summed E-state index contributed by atoms with van der Waals surface area (Å²) < 4.78 is 27.5. The minimum absolute atomic E-state index is 0.0744. The van der Waals surface area contributed by atoms with Gasteiger partial charge in [0.15, 0.2) is 11.6 Å². The summed E-state index contributed by atoms with van der Waals surface area (Å²) in [5, 5.41) is 24.3. The van der Waals surface area contributed by atoms with E-state index in [0.717, 1.165) is 23.3 Å². The van der Waals surface area contributed by atoms with Crippen molar-refractivity contribution in [3.05, 3.63) is 106 Å². The lowest BCUT2D eigenvalue weighted by atomic mass is 9.83. The fourth-order valence-electron chi connectivity index (χ4n) is 4.08. The molecule has 6 heteroatoms. The molecule has 3 aromatic rings. The Morgan fingerprint density at radius 1 is 1.00 bits per heavy atom. The molecule has 0 spiro atoms. The standard InChI is InChI=1S/C27H27ClF2N2O/c1-17(32-26(27(2,3)33)21-9-12-24(29)25(30)15-21)23(14-18-7-10-22(28)11-8-18)20-6-4-5-19(13-20)16-31/h4-13,15,17,23,26,32-33H,14H2,1-3H3/t17-,23+,26?/m0/s1. The van der Waals surface area contributed by atoms with Crippen molar-refractivity contribution in [2.45, 2.75) is 50.8 Å². The minimum Gasteiger partial charge on any atom is -0.388 e. The Morgan fingerprint density at radius 3 is 2.30 bits per heavy atom. The van der Waals surface area contributed by atoms with Gasteiger partial charge in [0.2, 0.25) is 0 Å². The second kappa shape index (κ2) is 10.4. The first-order valence-electron chi connectivity index (χ1n) is 10.8. The Bertz CT molecular complexity index is 1140. The van der Waals surface area contributed by atoms with Gasteiger partial charge in [-0.25, -0.2) is 8.78 Å². The van der Waals surface area contributed by atoms with Crippen molar-refractivity contribution in [3.8, 4) is 6.07 Å². The monoisotopic (exact) mass is 468 g/mol. The molecular formula is C27H27ClF2N2O. The van der Waals surface area contributed by atoms with Gasteiger partial charge in [-0.2, -0.15) is 5.26 Å². The summed E-state index contributed by atoms with van der Waals surface area (Å²) in [5.74, 6) is -1.97. The van der Waals surface area contributed by atoms with Gasteiger partial charge in [-0.1, -0.05) is 41.9 Å². The number of rotatable bonds is 8. The first-order valence-corrected chi connectivity index (χ1v) is 11.1. The molecule has 0 aliphatic heterocycles. The first-order chi connectivity index (χ1) is 15.6. The van der Waals surface area contributed by atoms with Crippen LogP contribution in [0.4, 0.5) is 8.78 Å². The van der Waals surface area contributed by atoms with E-state index in [-0.39, 0.29) is 12.0 Å². The number of hydrogen-bond donors (Lipinski definition) is 2. The molecule has 3 nitrogen and oxygen atoms in total. The van der Waals surface area contributed by atoms with Crippen LogP contribution in [0.5, 0.6) is 0 Å². The molecule has 0 radical (unpaired) electrons. The highest BCUT2D eigenvalue weighted by molar-refractivity contribution is 6.30. The number of aliphatic hydroxyl groups is 1. The molecule has 0 amide bonds. The number of nitrogens with zero attached hydrogens (tertiary/aromatic N) is 1. The fraction of sp³-hybridized carbons (Fsp3) is 0.296. The molecule has 0 aromatic heterocycles. The highest BCUT2D eigenvalue weighted by Gasteiger charge is 2.32. The maximum absolute atomic E-state index is 14.0. The number of nitriles is 1. The molecule has 3 atom stereocenters. The Balaban J connectivity index is 1.97. The predicted octanol–water partition coefficient (Wildman–Crippen LogP) is 6.31. The average molecular weight is 469 g/mol. The molecule has 0 aliphatic carbocycles. The second-order valence-corrected chi connectivity index (χ2v) is 9.33. The third-order valence-electron chi connectivity index (χ3n) is 5.83. The molecule has 0 aliphatic rings. The average Bonchev–Trinajstić information content (AvgIpc) is 2.78. The molecule has 172 valence electrons. The number of nitrogens with one attached hydrogen (secondary N) is 1. The summed E-state index contributed by atoms with van der Waals surface area (Å²) in [5.41, 5.74) is 1.78. The van der Waals surface area contributed by atoms with Crippen LogP contribution < -0.4 is 5.32 Å². The topological polar surface area (TPSA) is 56.0 Å². The summed E-state index contributed by atoms with van der Waals surface area (Å²) in [4.78, 5) is 0. The molecular weight excluding hydrogens is 442 g/mol. The Hall–Kier alpha value is -2.78. The molecule has 0 heterocycles. The van der Waals surface area contributed by atoms with Crippen LogP contribution in [0.3, 0.4) is 0 Å². The van der Waals surface area contributed by atoms with Crippen molar-refractivity contribution in [1.82, 2.24) is 5.32 Å². The summed E-state index contributed by atoms with van der Waals surface area (Å²) >= 11 is 6.04. The van der Waals surface area contributed by atoms with Crippen LogP contribution in [0.15, 0.2) is 66.7 Å². The van der Waals surface area contributed by atoms with Crippen molar-refractivity contribution in [2.75, 3.05) is 0 Å². The maximum Gasteiger partial charge on any atom is 0.159 e. The molecule has 0 saturated heterocycles. The third kappa shape index (κ3) is 6.39. The molecule has 3 rings (SSSR count). The van der Waals surface area contributed by atoms with Gasteiger partial charge in [-0.15, -0.1) is 0 Å². The summed E-state index contributed by atoms with van der Waals surface area (Å²) in [7, 11) is 0. The molecule has 0 saturated carbocycles. The molecule has 3 aromatic carbocycles. The van der Waals surface area contributed by atoms with Gasteiger partial charge in [-0.3, -0.25) is 0 Å². The van der Waals surface area contributed by atoms with E-state index in [4.69, 9.17) is 11.6 Å². The third-order valence-corrected chi connectivity index (χ3v) is 6.08. The SMILES string of the molecule is C[C@H](NC(c1ccc(F)c(F)c1)C(C)(C)O)[C@@H](Cc1ccc(Cl)cc1)c1cccc(C#N)c1. The zero-order valence-corrected chi connectivity index (χ0v) is 19.6. The molecule has 0 fully saturated rings. The van der Waals surface area contributed by atoms with Crippen molar-refractivity contribution >= 4 is 11.6 Å². The Labute approximate surface area is 198 Å². The van der Waals surface area contributed by atoms with Gasteiger partial charge in [0.25, 0.3) is 0 Å². The van der Waals surface area contributed by atoms with Gasteiger partial charge in [0, 0.05) is 17.0 Å². The van der Waals surface area contributed by atoms with E-state index in [1.54, 1.807) is 19.9 Å². The summed E-state index contributed by atoms with van der Waals surface area (Å²) in [6.45, 7) is 5.24. The number of hydrogen-bond acceptors (Lipinski definition) is 3. The maximum atomic E-state index is 14.0. The lowest BCUT2D eigenvalue weighted by molar-refractivity contribution is 0.0315. The summed E-state index contributed by atoms with van der Waals surface area (Å²) in [6, 6.07) is 20.0. The Morgan fingerprint density at radius 2 is 1.70 bits per heavy atom. The van der Waals surface area contributed by atoms with Crippen LogP contribution >= 0.6 is 11.6 Å². The fourth-order valence-corrected chi connectivity index (χ4v) is 4.20. The highest BCUT2D eigenvalue weighted by Crippen LogP contribution is 2.32. The minimum atomic E-state index is -1.25. The zero-order valence-electron chi connectivity index (χ0n) is 18.8. The predicted molar refractivity (Wildman–Crippen MR) is 127 cm³/mol. The van der Waals surface area contributed by atoms with Gasteiger partial charge in [0.05, 0.1) is 23.3 Å². The van der Waals surface area contributed by atoms with Gasteiger partial charge < -0.3 is 10.4 Å². The van der Waals surface area contributed by atoms with E-state index in [1.807, 2.05) is 49.4 Å². The number of halogens is 3. The Kier molecular flexibility index (Phi) is 7.86. The van der Waals surface area contributed by atoms with Crippen molar-refractivity contribution in [1.29, 1.82) is 5.26 Å². The second-order valence-electron chi connectivity index (χ2n) is 8.89. The van der Waals surface area contributed by atoms with Gasteiger partial charge in [0.1, 0.15) is 0 Å². The lowest BCUT2D eigenvalue weighted by Gasteiger charge is -2.36. The molecule has 1 unspecified atom stereocenters. The van der Waals surface area contributed by atoms with Crippen molar-refractivity contribution in [3.63, 3.8) is 0 Å². The van der Waals surface area contributed by atoms with E-state index < -0.39 is 23.3 Å². The quantitative estimate of drug-likeness (QED) is 0.407. The van der Waals surface area contributed by atoms with Gasteiger partial charge >= 0.3 is 0 Å².